The number of phenolic OH excluding ortho intramolecular Hbond substituents is 1. The second-order valence-corrected chi connectivity index (χ2v) is 9.11. The molecule has 0 atom stereocenters. The van der Waals surface area contributed by atoms with Gasteiger partial charge in [0.15, 0.2) is 0 Å². The Morgan fingerprint density at radius 3 is 2.58 bits per heavy atom. The van der Waals surface area contributed by atoms with Gasteiger partial charge in [0.05, 0.1) is 5.69 Å². The molecule has 1 aromatic carbocycles. The molecule has 0 spiro atoms. The Bertz CT molecular complexity index is 817. The average molecular weight is 368 g/mol. The molecule has 0 saturated carbocycles. The summed E-state index contributed by atoms with van der Waals surface area (Å²) >= 11 is 0. The minimum absolute atomic E-state index is 0.200. The minimum atomic E-state index is -0.262. The molecule has 26 heavy (non-hydrogen) atoms. The molecule has 135 valence electrons. The first-order chi connectivity index (χ1) is 12.6. The van der Waals surface area contributed by atoms with Crippen LogP contribution >= 0.6 is 0 Å². The van der Waals surface area contributed by atoms with Crippen molar-refractivity contribution in [2.45, 2.75) is 25.9 Å². The number of rotatable bonds is 8. The number of ether oxygens (including phenoxy) is 2. The van der Waals surface area contributed by atoms with E-state index < -0.39 is 0 Å². The first-order valence-corrected chi connectivity index (χ1v) is 11.1. The fourth-order valence-corrected chi connectivity index (χ4v) is 2.89. The highest BCUT2D eigenvalue weighted by molar-refractivity contribution is 6.55. The summed E-state index contributed by atoms with van der Waals surface area (Å²) in [6, 6.07) is 13.3. The van der Waals surface area contributed by atoms with Crippen molar-refractivity contribution in [2.75, 3.05) is 6.61 Å². The van der Waals surface area contributed by atoms with Crippen LogP contribution in [0.25, 0.3) is 11.3 Å². The molecule has 0 saturated heterocycles. The average Bonchev–Trinajstić information content (AvgIpc) is 3.10. The summed E-state index contributed by atoms with van der Waals surface area (Å²) in [4.78, 5) is 4.35. The van der Waals surface area contributed by atoms with E-state index in [-0.39, 0.29) is 14.5 Å². The van der Waals surface area contributed by atoms with Gasteiger partial charge in [-0.25, -0.2) is 9.67 Å². The number of pyridine rings is 1. The number of benzene rings is 1. The smallest absolute Gasteiger partial charge is 0.219 e. The van der Waals surface area contributed by atoms with Gasteiger partial charge >= 0.3 is 0 Å². The summed E-state index contributed by atoms with van der Waals surface area (Å²) in [7, 11) is -0.262. The normalized spacial score (nSPS) is 11.0. The third-order valence-electron chi connectivity index (χ3n) is 3.77. The molecule has 6 nitrogen and oxygen atoms in total. The van der Waals surface area contributed by atoms with E-state index in [1.54, 1.807) is 36.7 Å². The molecule has 2 aromatic heterocycles. The van der Waals surface area contributed by atoms with E-state index in [4.69, 9.17) is 9.47 Å². The number of nitrogens with zero attached hydrogens (tertiary/aromatic N) is 3. The lowest BCUT2D eigenvalue weighted by Gasteiger charge is -2.10. The molecule has 3 rings (SSSR count). The molecular weight excluding hydrogens is 346 g/mol. The summed E-state index contributed by atoms with van der Waals surface area (Å²) in [5, 5.41) is 13.6. The molecule has 1 N–H and O–H groups in total. The summed E-state index contributed by atoms with van der Waals surface area (Å²) in [5.41, 5.74) is 1.90. The minimum Gasteiger partial charge on any atom is -0.508 e. The van der Waals surface area contributed by atoms with E-state index >= 15 is 0 Å². The Morgan fingerprint density at radius 1 is 1.08 bits per heavy atom. The van der Waals surface area contributed by atoms with Gasteiger partial charge in [-0.15, -0.1) is 0 Å². The van der Waals surface area contributed by atoms with E-state index in [1.165, 1.54) is 0 Å². The fourth-order valence-electron chi connectivity index (χ4n) is 2.34. The van der Waals surface area contributed by atoms with Crippen molar-refractivity contribution in [3.8, 4) is 28.6 Å². The van der Waals surface area contributed by atoms with E-state index in [9.17, 15) is 5.11 Å². The van der Waals surface area contributed by atoms with Crippen LogP contribution in [-0.2, 0) is 11.5 Å². The maximum Gasteiger partial charge on any atom is 0.219 e. The molecule has 1 radical (unpaired) electrons. The zero-order valence-electron chi connectivity index (χ0n) is 14.9. The lowest BCUT2D eigenvalue weighted by Crippen LogP contribution is -2.10. The highest BCUT2D eigenvalue weighted by atomic mass is 28.3. The molecule has 7 heteroatoms. The lowest BCUT2D eigenvalue weighted by molar-refractivity contribution is 0.0801. The van der Waals surface area contributed by atoms with Crippen LogP contribution in [0.3, 0.4) is 0 Å². The number of hydrogen-bond acceptors (Lipinski definition) is 5. The molecule has 0 amide bonds. The van der Waals surface area contributed by atoms with Gasteiger partial charge in [-0.3, -0.25) is 0 Å². The summed E-state index contributed by atoms with van der Waals surface area (Å²) in [6.07, 6.45) is 3.51. The van der Waals surface area contributed by atoms with Crippen LogP contribution in [0.1, 0.15) is 0 Å². The Kier molecular flexibility index (Phi) is 6.03. The van der Waals surface area contributed by atoms with Gasteiger partial charge in [-0.05, 0) is 42.4 Å². The van der Waals surface area contributed by atoms with E-state index in [0.717, 1.165) is 23.9 Å². The van der Waals surface area contributed by atoms with Crippen molar-refractivity contribution in [3.63, 3.8) is 0 Å². The number of aromatic nitrogens is 3. The quantitative estimate of drug-likeness (QED) is 0.477. The van der Waals surface area contributed by atoms with Gasteiger partial charge in [0, 0.05) is 39.4 Å². The zero-order valence-corrected chi connectivity index (χ0v) is 15.9. The van der Waals surface area contributed by atoms with Crippen molar-refractivity contribution in [1.82, 2.24) is 14.8 Å². The highest BCUT2D eigenvalue weighted by Crippen LogP contribution is 2.24. The fraction of sp³-hybridized carbons (Fsp3) is 0.263. The van der Waals surface area contributed by atoms with Gasteiger partial charge in [-0.1, -0.05) is 13.1 Å². The van der Waals surface area contributed by atoms with Crippen LogP contribution in [0.5, 0.6) is 17.4 Å². The summed E-state index contributed by atoms with van der Waals surface area (Å²) in [6.45, 7) is 5.75. The topological polar surface area (TPSA) is 69.4 Å². The van der Waals surface area contributed by atoms with Gasteiger partial charge < -0.3 is 14.6 Å². The molecule has 0 aliphatic heterocycles. The van der Waals surface area contributed by atoms with Gasteiger partial charge in [0.2, 0.25) is 5.88 Å². The monoisotopic (exact) mass is 368 g/mol. The van der Waals surface area contributed by atoms with Crippen molar-refractivity contribution < 1.29 is 14.6 Å². The second kappa shape index (κ2) is 8.64. The molecule has 0 unspecified atom stereocenters. The maximum atomic E-state index is 9.31. The van der Waals surface area contributed by atoms with Crippen LogP contribution in [0.2, 0.25) is 19.1 Å². The van der Waals surface area contributed by atoms with Gasteiger partial charge in [0.25, 0.3) is 0 Å². The first kappa shape index (κ1) is 18.2. The molecule has 0 bridgehead atoms. The largest absolute Gasteiger partial charge is 0.508 e. The van der Waals surface area contributed by atoms with E-state index in [1.807, 2.05) is 22.9 Å². The maximum absolute atomic E-state index is 9.31. The van der Waals surface area contributed by atoms with Crippen LogP contribution < -0.4 is 4.74 Å². The van der Waals surface area contributed by atoms with Gasteiger partial charge in [-0.2, -0.15) is 5.10 Å². The molecular formula is C19H22N3O3Si. The molecule has 2 heterocycles. The summed E-state index contributed by atoms with van der Waals surface area (Å²) < 4.78 is 13.2. The Balaban J connectivity index is 1.63. The lowest BCUT2D eigenvalue weighted by atomic mass is 10.2. The number of hydrogen-bond donors (Lipinski definition) is 1. The predicted molar refractivity (Wildman–Crippen MR) is 102 cm³/mol. The van der Waals surface area contributed by atoms with Crippen molar-refractivity contribution in [3.05, 3.63) is 54.9 Å². The van der Waals surface area contributed by atoms with Crippen LogP contribution in [-0.4, -0.2) is 35.3 Å². The number of aromatic hydroxyl groups is 1. The molecule has 3 aromatic rings. The SMILES string of the molecule is C[Si](C)CCOCn1nccc1-c1ccc(Oc2ccc(O)cc2)nc1. The van der Waals surface area contributed by atoms with Crippen molar-refractivity contribution >= 4 is 8.80 Å². The third-order valence-corrected chi connectivity index (χ3v) is 4.97. The van der Waals surface area contributed by atoms with Crippen LogP contribution in [0.4, 0.5) is 0 Å². The zero-order chi connectivity index (χ0) is 18.4. The number of phenols is 1. The summed E-state index contributed by atoms with van der Waals surface area (Å²) in [5.74, 6) is 1.31. The van der Waals surface area contributed by atoms with Crippen molar-refractivity contribution in [2.24, 2.45) is 0 Å². The molecule has 0 aliphatic rings. The Hall–Kier alpha value is -2.64. The van der Waals surface area contributed by atoms with Gasteiger partial charge in [0.1, 0.15) is 18.2 Å². The van der Waals surface area contributed by atoms with Crippen molar-refractivity contribution in [1.29, 1.82) is 0 Å². The molecule has 0 aliphatic carbocycles. The van der Waals surface area contributed by atoms with Crippen LogP contribution in [0, 0.1) is 0 Å². The van der Waals surface area contributed by atoms with E-state index in [2.05, 4.69) is 23.2 Å². The highest BCUT2D eigenvalue weighted by Gasteiger charge is 2.07. The first-order valence-electron chi connectivity index (χ1n) is 8.44. The Morgan fingerprint density at radius 2 is 1.88 bits per heavy atom. The van der Waals surface area contributed by atoms with Crippen LogP contribution in [0.15, 0.2) is 54.9 Å². The Labute approximate surface area is 154 Å². The van der Waals surface area contributed by atoms with E-state index in [0.29, 0.717) is 18.4 Å². The second-order valence-electron chi connectivity index (χ2n) is 6.19. The standard InChI is InChI=1S/C19H22N3O3Si/c1-26(2)12-11-24-14-22-18(9-10-21-22)15-3-8-19(20-13-15)25-17-6-4-16(23)5-7-17/h3-10,13,23H,11-12,14H2,1-2H3. The third kappa shape index (κ3) is 4.93. The molecule has 0 fully saturated rings. The predicted octanol–water partition coefficient (Wildman–Crippen LogP) is 4.17.